The molecule has 1 aliphatic rings. The number of carbonyl (C=O) groups excluding carboxylic acids is 2. The Balaban J connectivity index is 2.22. The maximum Gasteiger partial charge on any atom is 0.303 e. The van der Waals surface area contributed by atoms with Gasteiger partial charge in [-0.25, -0.2) is 0 Å². The van der Waals surface area contributed by atoms with Crippen molar-refractivity contribution >= 4 is 17.8 Å². The first-order valence-electron chi connectivity index (χ1n) is 10.8. The van der Waals surface area contributed by atoms with Crippen molar-refractivity contribution in [3.63, 3.8) is 0 Å². The number of carboxylic acids is 1. The van der Waals surface area contributed by atoms with Gasteiger partial charge >= 0.3 is 5.97 Å². The highest BCUT2D eigenvalue weighted by Crippen LogP contribution is 2.22. The summed E-state index contributed by atoms with van der Waals surface area (Å²) in [6, 6.07) is -1.00. The SMILES string of the molecule is CC(=O)NC1C(OCCCC(=O)NCCCCCCCC(=O)O)OC(CO)C(O)C1O. The third-order valence-electron chi connectivity index (χ3n) is 4.97. The molecule has 5 unspecified atom stereocenters. The highest BCUT2D eigenvalue weighted by Gasteiger charge is 2.45. The molecule has 6 N–H and O–H groups in total. The Morgan fingerprint density at radius 2 is 1.65 bits per heavy atom. The summed E-state index contributed by atoms with van der Waals surface area (Å²) in [6.45, 7) is 1.41. The van der Waals surface area contributed by atoms with Crippen molar-refractivity contribution in [1.82, 2.24) is 10.6 Å². The van der Waals surface area contributed by atoms with Crippen LogP contribution in [0, 0.1) is 0 Å². The predicted octanol–water partition coefficient (Wildman–Crippen LogP) is -0.732. The second kappa shape index (κ2) is 15.1. The summed E-state index contributed by atoms with van der Waals surface area (Å²) < 4.78 is 11.0. The summed E-state index contributed by atoms with van der Waals surface area (Å²) in [5.74, 6) is -1.34. The molecule has 0 spiro atoms. The molecule has 0 bridgehead atoms. The molecule has 0 aromatic rings. The molecule has 0 aliphatic carbocycles. The van der Waals surface area contributed by atoms with Gasteiger partial charge in [-0.2, -0.15) is 0 Å². The van der Waals surface area contributed by atoms with Gasteiger partial charge in [-0.05, 0) is 19.3 Å². The molecule has 0 aromatic carbocycles. The number of nitrogens with one attached hydrogen (secondary N) is 2. The number of hydrogen-bond acceptors (Lipinski definition) is 8. The molecule has 1 saturated heterocycles. The number of hydrogen-bond donors (Lipinski definition) is 6. The lowest BCUT2D eigenvalue weighted by molar-refractivity contribution is -0.270. The predicted molar refractivity (Wildman–Crippen MR) is 109 cm³/mol. The van der Waals surface area contributed by atoms with E-state index in [2.05, 4.69) is 10.6 Å². The zero-order chi connectivity index (χ0) is 23.2. The maximum atomic E-state index is 11.9. The van der Waals surface area contributed by atoms with Gasteiger partial charge in [0.2, 0.25) is 11.8 Å². The Labute approximate surface area is 182 Å². The minimum atomic E-state index is -1.37. The van der Waals surface area contributed by atoms with E-state index in [9.17, 15) is 29.7 Å². The molecular weight excluding hydrogens is 412 g/mol. The van der Waals surface area contributed by atoms with E-state index < -0.39 is 49.1 Å². The van der Waals surface area contributed by atoms with Crippen molar-refractivity contribution in [2.75, 3.05) is 19.8 Å². The quantitative estimate of drug-likeness (QED) is 0.176. The van der Waals surface area contributed by atoms with Crippen molar-refractivity contribution in [3.05, 3.63) is 0 Å². The largest absolute Gasteiger partial charge is 0.481 e. The first-order chi connectivity index (χ1) is 14.8. The van der Waals surface area contributed by atoms with Crippen molar-refractivity contribution in [2.45, 2.75) is 88.9 Å². The molecule has 1 fully saturated rings. The average Bonchev–Trinajstić information content (AvgIpc) is 2.71. The second-order valence-corrected chi connectivity index (χ2v) is 7.67. The molecule has 1 aliphatic heterocycles. The van der Waals surface area contributed by atoms with Crippen LogP contribution in [0.2, 0.25) is 0 Å². The van der Waals surface area contributed by atoms with Crippen molar-refractivity contribution in [2.24, 2.45) is 0 Å². The number of aliphatic carboxylic acids is 1. The number of carbonyl (C=O) groups is 3. The lowest BCUT2D eigenvalue weighted by atomic mass is 9.97. The summed E-state index contributed by atoms with van der Waals surface area (Å²) in [5, 5.41) is 43.3. The molecule has 0 saturated carbocycles. The Bertz CT molecular complexity index is 561. The monoisotopic (exact) mass is 448 g/mol. The Morgan fingerprint density at radius 3 is 2.29 bits per heavy atom. The molecule has 0 aromatic heterocycles. The van der Waals surface area contributed by atoms with E-state index in [4.69, 9.17) is 14.6 Å². The molecule has 1 heterocycles. The smallest absolute Gasteiger partial charge is 0.303 e. The van der Waals surface area contributed by atoms with Crippen molar-refractivity contribution in [3.8, 4) is 0 Å². The average molecular weight is 449 g/mol. The molecule has 5 atom stereocenters. The van der Waals surface area contributed by atoms with Gasteiger partial charge in [0.15, 0.2) is 6.29 Å². The number of aliphatic hydroxyl groups excluding tert-OH is 3. The van der Waals surface area contributed by atoms with Crippen LogP contribution < -0.4 is 10.6 Å². The van der Waals surface area contributed by atoms with E-state index in [1.165, 1.54) is 6.92 Å². The number of rotatable bonds is 15. The summed E-state index contributed by atoms with van der Waals surface area (Å²) in [7, 11) is 0. The first-order valence-corrected chi connectivity index (χ1v) is 10.8. The van der Waals surface area contributed by atoms with Crippen LogP contribution in [0.1, 0.15) is 58.3 Å². The maximum absolute atomic E-state index is 11.9. The normalized spacial score (nSPS) is 25.7. The minimum absolute atomic E-state index is 0.124. The fourth-order valence-corrected chi connectivity index (χ4v) is 3.29. The fraction of sp³-hybridized carbons (Fsp3) is 0.850. The number of amides is 2. The highest BCUT2D eigenvalue weighted by atomic mass is 16.7. The number of aliphatic hydroxyl groups is 3. The van der Waals surface area contributed by atoms with Crippen LogP contribution in [0.4, 0.5) is 0 Å². The van der Waals surface area contributed by atoms with Crippen molar-refractivity contribution < 1.29 is 44.3 Å². The molecular formula is C20H36N2O9. The van der Waals surface area contributed by atoms with E-state index in [1.807, 2.05) is 0 Å². The van der Waals surface area contributed by atoms with Gasteiger partial charge in [-0.1, -0.05) is 19.3 Å². The summed E-state index contributed by atoms with van der Waals surface area (Å²) in [4.78, 5) is 33.7. The molecule has 2 amide bonds. The molecule has 11 nitrogen and oxygen atoms in total. The van der Waals surface area contributed by atoms with Gasteiger partial charge in [-0.15, -0.1) is 0 Å². The van der Waals surface area contributed by atoms with E-state index in [0.29, 0.717) is 19.4 Å². The second-order valence-electron chi connectivity index (χ2n) is 7.67. The van der Waals surface area contributed by atoms with Crippen molar-refractivity contribution in [1.29, 1.82) is 0 Å². The molecule has 0 radical (unpaired) electrons. The van der Waals surface area contributed by atoms with Crippen LogP contribution >= 0.6 is 0 Å². The number of carboxylic acid groups (broad SMARTS) is 1. The highest BCUT2D eigenvalue weighted by molar-refractivity contribution is 5.75. The van der Waals surface area contributed by atoms with Crippen LogP contribution in [0.25, 0.3) is 0 Å². The molecule has 1 rings (SSSR count). The summed E-state index contributed by atoms with van der Waals surface area (Å²) in [5.41, 5.74) is 0. The standard InChI is InChI=1S/C20H36N2O9/c1-13(24)22-17-19(29)18(28)14(12-23)31-20(17)30-11-7-8-15(25)21-10-6-4-2-3-5-9-16(26)27/h14,17-20,23,28-29H,2-12H2,1H3,(H,21,25)(H,22,24)(H,26,27). The minimum Gasteiger partial charge on any atom is -0.481 e. The molecule has 11 heteroatoms. The van der Waals surface area contributed by atoms with Gasteiger partial charge in [0, 0.05) is 26.3 Å². The zero-order valence-electron chi connectivity index (χ0n) is 18.0. The molecule has 180 valence electrons. The lowest BCUT2D eigenvalue weighted by Gasteiger charge is -2.42. The zero-order valence-corrected chi connectivity index (χ0v) is 18.0. The summed E-state index contributed by atoms with van der Waals surface area (Å²) in [6.07, 6.45) is 0.172. The number of ether oxygens (including phenoxy) is 2. The lowest BCUT2D eigenvalue weighted by Crippen LogP contribution is -2.64. The summed E-state index contributed by atoms with van der Waals surface area (Å²) >= 11 is 0. The van der Waals surface area contributed by atoms with Gasteiger partial charge in [0.25, 0.3) is 0 Å². The van der Waals surface area contributed by atoms with Gasteiger partial charge in [0.05, 0.1) is 13.2 Å². The van der Waals surface area contributed by atoms with E-state index in [1.54, 1.807) is 0 Å². The topological polar surface area (TPSA) is 175 Å². The first kappa shape index (κ1) is 27.2. The van der Waals surface area contributed by atoms with Crippen LogP contribution in [0.3, 0.4) is 0 Å². The fourth-order valence-electron chi connectivity index (χ4n) is 3.29. The number of unbranched alkanes of at least 4 members (excludes halogenated alkanes) is 4. The van der Waals surface area contributed by atoms with E-state index >= 15 is 0 Å². The van der Waals surface area contributed by atoms with E-state index in [-0.39, 0.29) is 25.4 Å². The van der Waals surface area contributed by atoms with Gasteiger partial charge in [0.1, 0.15) is 24.4 Å². The van der Waals surface area contributed by atoms with Gasteiger partial charge in [-0.3, -0.25) is 14.4 Å². The van der Waals surface area contributed by atoms with Crippen LogP contribution in [-0.4, -0.2) is 88.6 Å². The Hall–Kier alpha value is -1.79. The van der Waals surface area contributed by atoms with Crippen LogP contribution in [-0.2, 0) is 23.9 Å². The Kier molecular flexibility index (Phi) is 13.3. The third kappa shape index (κ3) is 10.9. The van der Waals surface area contributed by atoms with E-state index in [0.717, 1.165) is 25.7 Å². The molecule has 31 heavy (non-hydrogen) atoms. The van der Waals surface area contributed by atoms with Gasteiger partial charge < -0.3 is 40.5 Å². The third-order valence-corrected chi connectivity index (χ3v) is 4.97. The van der Waals surface area contributed by atoms with Crippen LogP contribution in [0.5, 0.6) is 0 Å². The Morgan fingerprint density at radius 1 is 0.968 bits per heavy atom. The van der Waals surface area contributed by atoms with Crippen LogP contribution in [0.15, 0.2) is 0 Å².